The smallest absolute Gasteiger partial charge is 0.224 e. The van der Waals surface area contributed by atoms with Crippen LogP contribution < -0.4 is 10.5 Å². The molecule has 1 aliphatic carbocycles. The second kappa shape index (κ2) is 4.53. The number of nitrogens with two attached hydrogens (primary N) is 1. The van der Waals surface area contributed by atoms with Crippen molar-refractivity contribution >= 4 is 5.82 Å². The summed E-state index contributed by atoms with van der Waals surface area (Å²) in [4.78, 5) is 8.63. The van der Waals surface area contributed by atoms with Gasteiger partial charge in [-0.25, -0.2) is 4.98 Å². The summed E-state index contributed by atoms with van der Waals surface area (Å²) in [5, 5.41) is 4.22. The Kier molecular flexibility index (Phi) is 2.85. The maximum absolute atomic E-state index is 5.78. The van der Waals surface area contributed by atoms with Crippen molar-refractivity contribution in [2.24, 2.45) is 0 Å². The van der Waals surface area contributed by atoms with E-state index in [1.165, 1.54) is 0 Å². The maximum Gasteiger partial charge on any atom is 0.224 e. The third kappa shape index (κ3) is 2.67. The molecule has 6 nitrogen and oxygen atoms in total. The molecule has 3 rings (SSSR count). The molecule has 1 aliphatic rings. The van der Waals surface area contributed by atoms with E-state index in [2.05, 4.69) is 28.9 Å². The summed E-state index contributed by atoms with van der Waals surface area (Å²) in [6, 6.07) is 1.94. The zero-order chi connectivity index (χ0) is 13.4. The van der Waals surface area contributed by atoms with Crippen molar-refractivity contribution in [1.29, 1.82) is 0 Å². The van der Waals surface area contributed by atoms with Crippen LogP contribution in [0.2, 0.25) is 0 Å². The Morgan fingerprint density at radius 1 is 1.37 bits per heavy atom. The number of nitrogens with zero attached hydrogens (tertiary/aromatic N) is 4. The molecule has 0 aromatic carbocycles. The summed E-state index contributed by atoms with van der Waals surface area (Å²) in [5.74, 6) is 2.82. The van der Waals surface area contributed by atoms with Gasteiger partial charge in [0.25, 0.3) is 0 Å². The molecular weight excluding hydrogens is 242 g/mol. The molecule has 0 saturated heterocycles. The van der Waals surface area contributed by atoms with Crippen LogP contribution >= 0.6 is 0 Å². The van der Waals surface area contributed by atoms with Gasteiger partial charge >= 0.3 is 0 Å². The van der Waals surface area contributed by atoms with Gasteiger partial charge in [-0.3, -0.25) is 4.68 Å². The van der Waals surface area contributed by atoms with Crippen molar-refractivity contribution in [3.8, 4) is 11.6 Å². The van der Waals surface area contributed by atoms with Gasteiger partial charge in [0.1, 0.15) is 11.6 Å². The van der Waals surface area contributed by atoms with Crippen LogP contribution in [0.3, 0.4) is 0 Å². The summed E-state index contributed by atoms with van der Waals surface area (Å²) < 4.78 is 7.53. The summed E-state index contributed by atoms with van der Waals surface area (Å²) in [5.41, 5.74) is 5.78. The van der Waals surface area contributed by atoms with Gasteiger partial charge in [0.05, 0.1) is 12.4 Å². The van der Waals surface area contributed by atoms with Crippen LogP contribution in [0.5, 0.6) is 11.6 Å². The highest BCUT2D eigenvalue weighted by atomic mass is 16.5. The molecule has 0 atom stereocenters. The highest BCUT2D eigenvalue weighted by Crippen LogP contribution is 2.39. The van der Waals surface area contributed by atoms with Crippen molar-refractivity contribution in [2.75, 3.05) is 5.73 Å². The molecule has 0 aliphatic heterocycles. The average molecular weight is 259 g/mol. The van der Waals surface area contributed by atoms with E-state index in [9.17, 15) is 0 Å². The Morgan fingerprint density at radius 3 is 2.79 bits per heavy atom. The highest BCUT2D eigenvalue weighted by molar-refractivity contribution is 5.36. The molecule has 0 radical (unpaired) electrons. The topological polar surface area (TPSA) is 78.9 Å². The van der Waals surface area contributed by atoms with Gasteiger partial charge in [0.15, 0.2) is 5.75 Å². The molecule has 0 amide bonds. The van der Waals surface area contributed by atoms with Gasteiger partial charge in [-0.2, -0.15) is 10.1 Å². The first-order chi connectivity index (χ1) is 9.11. The van der Waals surface area contributed by atoms with Crippen LogP contribution in [0.4, 0.5) is 5.82 Å². The first-order valence-electron chi connectivity index (χ1n) is 6.48. The van der Waals surface area contributed by atoms with Crippen LogP contribution in [0, 0.1) is 0 Å². The predicted molar refractivity (Wildman–Crippen MR) is 71.1 cm³/mol. The maximum atomic E-state index is 5.78. The van der Waals surface area contributed by atoms with Gasteiger partial charge in [-0.15, -0.1) is 0 Å². The Balaban J connectivity index is 1.81. The minimum absolute atomic E-state index is 0.301. The molecule has 100 valence electrons. The van der Waals surface area contributed by atoms with E-state index in [0.29, 0.717) is 29.4 Å². The van der Waals surface area contributed by atoms with Crippen molar-refractivity contribution in [2.45, 2.75) is 38.6 Å². The largest absolute Gasteiger partial charge is 0.436 e. The van der Waals surface area contributed by atoms with Gasteiger partial charge < -0.3 is 10.5 Å². The van der Waals surface area contributed by atoms with Crippen LogP contribution in [0.1, 0.15) is 44.5 Å². The monoisotopic (exact) mass is 259 g/mol. The Morgan fingerprint density at radius 2 is 2.16 bits per heavy atom. The normalized spacial score (nSPS) is 14.9. The lowest BCUT2D eigenvalue weighted by molar-refractivity contribution is 0.455. The lowest BCUT2D eigenvalue weighted by Crippen LogP contribution is -2.01. The van der Waals surface area contributed by atoms with Crippen molar-refractivity contribution in [3.05, 3.63) is 24.3 Å². The minimum Gasteiger partial charge on any atom is -0.436 e. The average Bonchev–Trinajstić information content (AvgIpc) is 3.09. The SMILES string of the molecule is CC(C)n1cc(Oc2cc(N)nc(C3CC3)n2)cn1. The van der Waals surface area contributed by atoms with E-state index >= 15 is 0 Å². The molecule has 19 heavy (non-hydrogen) atoms. The first kappa shape index (κ1) is 12.0. The number of hydrogen-bond acceptors (Lipinski definition) is 5. The van der Waals surface area contributed by atoms with E-state index in [1.807, 2.05) is 10.9 Å². The molecule has 1 saturated carbocycles. The zero-order valence-electron chi connectivity index (χ0n) is 11.1. The Hall–Kier alpha value is -2.11. The molecule has 2 heterocycles. The van der Waals surface area contributed by atoms with E-state index in [1.54, 1.807) is 12.3 Å². The van der Waals surface area contributed by atoms with Gasteiger partial charge in [-0.1, -0.05) is 0 Å². The lowest BCUT2D eigenvalue weighted by atomic mass is 10.4. The molecule has 2 aromatic rings. The fourth-order valence-corrected chi connectivity index (χ4v) is 1.81. The molecule has 0 unspecified atom stereocenters. The van der Waals surface area contributed by atoms with E-state index in [4.69, 9.17) is 10.5 Å². The lowest BCUT2D eigenvalue weighted by Gasteiger charge is -2.06. The molecule has 2 aromatic heterocycles. The fourth-order valence-electron chi connectivity index (χ4n) is 1.81. The quantitative estimate of drug-likeness (QED) is 0.912. The first-order valence-corrected chi connectivity index (χ1v) is 6.48. The number of rotatable bonds is 4. The van der Waals surface area contributed by atoms with Crippen LogP contribution in [0.15, 0.2) is 18.5 Å². The Bertz CT molecular complexity index is 588. The second-order valence-electron chi connectivity index (χ2n) is 5.12. The van der Waals surface area contributed by atoms with E-state index in [-0.39, 0.29) is 0 Å². The van der Waals surface area contributed by atoms with Gasteiger partial charge in [0, 0.05) is 18.0 Å². The number of ether oxygens (including phenoxy) is 1. The molecule has 6 heteroatoms. The van der Waals surface area contributed by atoms with E-state index < -0.39 is 0 Å². The fraction of sp³-hybridized carbons (Fsp3) is 0.462. The van der Waals surface area contributed by atoms with E-state index in [0.717, 1.165) is 18.7 Å². The summed E-state index contributed by atoms with van der Waals surface area (Å²) in [7, 11) is 0. The summed E-state index contributed by atoms with van der Waals surface area (Å²) >= 11 is 0. The van der Waals surface area contributed by atoms with Crippen LogP contribution in [-0.2, 0) is 0 Å². The second-order valence-corrected chi connectivity index (χ2v) is 5.12. The standard InChI is InChI=1S/C13H17N5O/c1-8(2)18-7-10(6-15-18)19-12-5-11(14)16-13(17-12)9-3-4-9/h5-9H,3-4H2,1-2H3,(H2,14,16,17). The van der Waals surface area contributed by atoms with Gasteiger partial charge in [-0.05, 0) is 26.7 Å². The number of anilines is 1. The minimum atomic E-state index is 0.301. The highest BCUT2D eigenvalue weighted by Gasteiger charge is 2.27. The molecular formula is C13H17N5O. The van der Waals surface area contributed by atoms with Crippen LogP contribution in [0.25, 0.3) is 0 Å². The summed E-state index contributed by atoms with van der Waals surface area (Å²) in [6.45, 7) is 4.12. The van der Waals surface area contributed by atoms with Crippen LogP contribution in [-0.4, -0.2) is 19.7 Å². The molecule has 0 bridgehead atoms. The zero-order valence-corrected chi connectivity index (χ0v) is 11.1. The van der Waals surface area contributed by atoms with Crippen molar-refractivity contribution < 1.29 is 4.74 Å². The Labute approximate surface area is 111 Å². The number of hydrogen-bond donors (Lipinski definition) is 1. The number of aromatic nitrogens is 4. The molecule has 2 N–H and O–H groups in total. The van der Waals surface area contributed by atoms with Crippen molar-refractivity contribution in [1.82, 2.24) is 19.7 Å². The number of nitrogen functional groups attached to an aromatic ring is 1. The van der Waals surface area contributed by atoms with Gasteiger partial charge in [0.2, 0.25) is 5.88 Å². The third-order valence-corrected chi connectivity index (χ3v) is 3.01. The molecule has 0 spiro atoms. The van der Waals surface area contributed by atoms with Crippen molar-refractivity contribution in [3.63, 3.8) is 0 Å². The predicted octanol–water partition coefficient (Wildman–Crippen LogP) is 2.51. The third-order valence-electron chi connectivity index (χ3n) is 3.01. The summed E-state index contributed by atoms with van der Waals surface area (Å²) in [6.07, 6.45) is 5.79. The molecule has 1 fully saturated rings.